The van der Waals surface area contributed by atoms with Crippen LogP contribution in [-0.4, -0.2) is 30.2 Å². The molecule has 5 heteroatoms. The van der Waals surface area contributed by atoms with E-state index in [0.717, 1.165) is 0 Å². The molecule has 0 aliphatic heterocycles. The second-order valence-electron chi connectivity index (χ2n) is 1.91. The predicted octanol–water partition coefficient (Wildman–Crippen LogP) is 0.272. The van der Waals surface area contributed by atoms with Gasteiger partial charge in [0.25, 0.3) is 0 Å². The lowest BCUT2D eigenvalue weighted by atomic mass is 10.5. The van der Waals surface area contributed by atoms with Crippen LogP contribution in [0.5, 0.6) is 5.88 Å². The molecule has 0 radical (unpaired) electrons. The lowest BCUT2D eigenvalue weighted by Crippen LogP contribution is -2.07. The minimum Gasteiger partial charge on any atom is -0.481 e. The summed E-state index contributed by atoms with van der Waals surface area (Å²) >= 11 is 0. The quantitative estimate of drug-likeness (QED) is 0.593. The Balaban J connectivity index is 2.93. The fourth-order valence-electron chi connectivity index (χ4n) is 0.645. The minimum atomic E-state index is -0.575. The summed E-state index contributed by atoms with van der Waals surface area (Å²) < 4.78 is 9.21. The molecule has 1 rings (SSSR count). The third-order valence-corrected chi connectivity index (χ3v) is 1.21. The lowest BCUT2D eigenvalue weighted by molar-refractivity contribution is 0.0585. The summed E-state index contributed by atoms with van der Waals surface area (Å²) in [6.07, 6.45) is 1.43. The molecule has 1 aromatic heterocycles. The molecule has 0 saturated heterocycles. The van der Waals surface area contributed by atoms with Crippen LogP contribution < -0.4 is 4.74 Å². The molecule has 0 amide bonds. The number of carbonyl (C=O) groups is 1. The Kier molecular flexibility index (Phi) is 2.57. The summed E-state index contributed by atoms with van der Waals surface area (Å²) in [4.78, 5) is 18.3. The number of rotatable bonds is 2. The Morgan fingerprint density at radius 3 is 2.83 bits per heavy atom. The molecular weight excluding hydrogens is 160 g/mol. The van der Waals surface area contributed by atoms with Crippen LogP contribution in [0.25, 0.3) is 0 Å². The summed E-state index contributed by atoms with van der Waals surface area (Å²) in [5.74, 6) is -0.240. The average molecular weight is 168 g/mol. The molecule has 0 aliphatic rings. The standard InChI is InChI=1S/C7H8N2O3/c1-11-5-3-4-8-6(9-5)7(10)12-2/h3-4H,1-2H3. The highest BCUT2D eigenvalue weighted by Crippen LogP contribution is 2.03. The van der Waals surface area contributed by atoms with E-state index in [9.17, 15) is 4.79 Å². The van der Waals surface area contributed by atoms with Crippen LogP contribution in [0.3, 0.4) is 0 Å². The van der Waals surface area contributed by atoms with Crippen LogP contribution in [0.4, 0.5) is 0 Å². The summed E-state index contributed by atoms with van der Waals surface area (Å²) in [5.41, 5.74) is 0. The van der Waals surface area contributed by atoms with Gasteiger partial charge in [-0.25, -0.2) is 9.78 Å². The number of ether oxygens (including phenoxy) is 2. The van der Waals surface area contributed by atoms with Gasteiger partial charge in [-0.2, -0.15) is 4.98 Å². The Hall–Kier alpha value is -1.65. The van der Waals surface area contributed by atoms with E-state index in [-0.39, 0.29) is 5.82 Å². The largest absolute Gasteiger partial charge is 0.481 e. The van der Waals surface area contributed by atoms with E-state index in [1.807, 2.05) is 0 Å². The zero-order valence-electron chi connectivity index (χ0n) is 6.77. The maximum atomic E-state index is 10.9. The van der Waals surface area contributed by atoms with Gasteiger partial charge < -0.3 is 9.47 Å². The van der Waals surface area contributed by atoms with E-state index in [2.05, 4.69) is 14.7 Å². The van der Waals surface area contributed by atoms with Gasteiger partial charge in [-0.1, -0.05) is 0 Å². The molecular formula is C7H8N2O3. The molecule has 64 valence electrons. The van der Waals surface area contributed by atoms with E-state index in [0.29, 0.717) is 5.88 Å². The molecule has 1 aromatic rings. The Morgan fingerprint density at radius 1 is 1.50 bits per heavy atom. The Bertz CT molecular complexity index is 288. The van der Waals surface area contributed by atoms with Crippen LogP contribution in [0.2, 0.25) is 0 Å². The van der Waals surface area contributed by atoms with Crippen molar-refractivity contribution in [2.24, 2.45) is 0 Å². The highest BCUT2D eigenvalue weighted by molar-refractivity contribution is 5.84. The highest BCUT2D eigenvalue weighted by Gasteiger charge is 2.08. The Morgan fingerprint density at radius 2 is 2.25 bits per heavy atom. The second-order valence-corrected chi connectivity index (χ2v) is 1.91. The number of hydrogen-bond acceptors (Lipinski definition) is 5. The van der Waals surface area contributed by atoms with Gasteiger partial charge in [-0.3, -0.25) is 0 Å². The fraction of sp³-hybridized carbons (Fsp3) is 0.286. The van der Waals surface area contributed by atoms with E-state index in [4.69, 9.17) is 4.74 Å². The van der Waals surface area contributed by atoms with Crippen molar-refractivity contribution >= 4 is 5.97 Å². The van der Waals surface area contributed by atoms with Crippen molar-refractivity contribution in [3.8, 4) is 5.88 Å². The van der Waals surface area contributed by atoms with Crippen LogP contribution in [0.1, 0.15) is 10.6 Å². The maximum Gasteiger partial charge on any atom is 0.376 e. The first-order chi connectivity index (χ1) is 5.77. The van der Waals surface area contributed by atoms with Gasteiger partial charge in [0.1, 0.15) is 0 Å². The molecule has 0 atom stereocenters. The number of methoxy groups -OCH3 is 2. The molecule has 12 heavy (non-hydrogen) atoms. The zero-order chi connectivity index (χ0) is 8.97. The molecule has 0 spiro atoms. The van der Waals surface area contributed by atoms with E-state index < -0.39 is 5.97 Å². The summed E-state index contributed by atoms with van der Waals surface area (Å²) in [7, 11) is 2.73. The molecule has 0 aromatic carbocycles. The van der Waals surface area contributed by atoms with Crippen molar-refractivity contribution in [1.82, 2.24) is 9.97 Å². The van der Waals surface area contributed by atoms with Gasteiger partial charge in [-0.05, 0) is 0 Å². The maximum absolute atomic E-state index is 10.9. The zero-order valence-corrected chi connectivity index (χ0v) is 6.77. The topological polar surface area (TPSA) is 61.3 Å². The van der Waals surface area contributed by atoms with Crippen molar-refractivity contribution in [1.29, 1.82) is 0 Å². The molecule has 0 aliphatic carbocycles. The van der Waals surface area contributed by atoms with Crippen molar-refractivity contribution < 1.29 is 14.3 Å². The molecule has 0 unspecified atom stereocenters. The molecule has 1 heterocycles. The van der Waals surface area contributed by atoms with Crippen molar-refractivity contribution in [3.05, 3.63) is 18.1 Å². The molecule has 0 fully saturated rings. The second kappa shape index (κ2) is 3.66. The van der Waals surface area contributed by atoms with Gasteiger partial charge in [0.05, 0.1) is 14.2 Å². The fourth-order valence-corrected chi connectivity index (χ4v) is 0.645. The van der Waals surface area contributed by atoms with E-state index >= 15 is 0 Å². The molecule has 0 saturated carbocycles. The Labute approximate surface area is 69.4 Å². The van der Waals surface area contributed by atoms with E-state index in [1.165, 1.54) is 20.4 Å². The third kappa shape index (κ3) is 1.69. The number of esters is 1. The predicted molar refractivity (Wildman–Crippen MR) is 39.9 cm³/mol. The third-order valence-electron chi connectivity index (χ3n) is 1.21. The van der Waals surface area contributed by atoms with Gasteiger partial charge >= 0.3 is 5.97 Å². The summed E-state index contributed by atoms with van der Waals surface area (Å²) in [6.45, 7) is 0. The van der Waals surface area contributed by atoms with Crippen LogP contribution in [-0.2, 0) is 4.74 Å². The first kappa shape index (κ1) is 8.45. The monoisotopic (exact) mass is 168 g/mol. The smallest absolute Gasteiger partial charge is 0.376 e. The van der Waals surface area contributed by atoms with E-state index in [1.54, 1.807) is 6.07 Å². The summed E-state index contributed by atoms with van der Waals surface area (Å²) in [6, 6.07) is 1.55. The highest BCUT2D eigenvalue weighted by atomic mass is 16.5. The van der Waals surface area contributed by atoms with Gasteiger partial charge in [0.15, 0.2) is 0 Å². The van der Waals surface area contributed by atoms with Gasteiger partial charge in [0.2, 0.25) is 11.7 Å². The lowest BCUT2D eigenvalue weighted by Gasteiger charge is -1.99. The van der Waals surface area contributed by atoms with Crippen molar-refractivity contribution in [2.75, 3.05) is 14.2 Å². The molecule has 0 N–H and O–H groups in total. The van der Waals surface area contributed by atoms with Gasteiger partial charge in [0, 0.05) is 12.3 Å². The average Bonchev–Trinajstić information content (AvgIpc) is 2.17. The molecule has 5 nitrogen and oxygen atoms in total. The normalized spacial score (nSPS) is 9.17. The first-order valence-corrected chi connectivity index (χ1v) is 3.23. The summed E-state index contributed by atoms with van der Waals surface area (Å²) in [5, 5.41) is 0. The van der Waals surface area contributed by atoms with Crippen LogP contribution in [0, 0.1) is 0 Å². The number of hydrogen-bond donors (Lipinski definition) is 0. The van der Waals surface area contributed by atoms with Crippen LogP contribution >= 0.6 is 0 Å². The first-order valence-electron chi connectivity index (χ1n) is 3.23. The van der Waals surface area contributed by atoms with Gasteiger partial charge in [-0.15, -0.1) is 0 Å². The number of nitrogens with zero attached hydrogens (tertiary/aromatic N) is 2. The molecule has 0 bridgehead atoms. The minimum absolute atomic E-state index is 0.00292. The number of aromatic nitrogens is 2. The SMILES string of the molecule is COC(=O)c1nccc(OC)n1. The van der Waals surface area contributed by atoms with Crippen LogP contribution in [0.15, 0.2) is 12.3 Å². The number of carbonyl (C=O) groups excluding carboxylic acids is 1. The van der Waals surface area contributed by atoms with Crippen molar-refractivity contribution in [3.63, 3.8) is 0 Å². The van der Waals surface area contributed by atoms with Crippen molar-refractivity contribution in [2.45, 2.75) is 0 Å².